The molecule has 2 unspecified atom stereocenters. The lowest BCUT2D eigenvalue weighted by molar-refractivity contribution is 0.00536. The standard InChI is InChI=1S/C12H26N2O/c1-3-8-14(2)9-6-11-5-4-7-12(11,15)10-13/h11,15H,3-10,13H2,1-2H3. The number of hydrogen-bond acceptors (Lipinski definition) is 3. The van der Waals surface area contributed by atoms with Gasteiger partial charge in [-0.3, -0.25) is 0 Å². The maximum Gasteiger partial charge on any atom is 0.0797 e. The highest BCUT2D eigenvalue weighted by Gasteiger charge is 2.39. The fraction of sp³-hybridized carbons (Fsp3) is 1.00. The highest BCUT2D eigenvalue weighted by molar-refractivity contribution is 4.93. The number of aliphatic hydroxyl groups is 1. The summed E-state index contributed by atoms with van der Waals surface area (Å²) < 4.78 is 0. The van der Waals surface area contributed by atoms with Gasteiger partial charge in [-0.2, -0.15) is 0 Å². The molecule has 0 aromatic heterocycles. The van der Waals surface area contributed by atoms with E-state index in [-0.39, 0.29) is 0 Å². The molecule has 1 rings (SSSR count). The highest BCUT2D eigenvalue weighted by Crippen LogP contribution is 2.37. The van der Waals surface area contributed by atoms with Crippen LogP contribution in [-0.4, -0.2) is 42.3 Å². The van der Waals surface area contributed by atoms with Crippen LogP contribution in [0, 0.1) is 5.92 Å². The van der Waals surface area contributed by atoms with Crippen molar-refractivity contribution in [3.8, 4) is 0 Å². The Hall–Kier alpha value is -0.120. The maximum absolute atomic E-state index is 10.3. The number of nitrogens with two attached hydrogens (primary N) is 1. The lowest BCUT2D eigenvalue weighted by Crippen LogP contribution is -2.42. The van der Waals surface area contributed by atoms with Crippen LogP contribution in [0.3, 0.4) is 0 Å². The van der Waals surface area contributed by atoms with Gasteiger partial charge in [0.15, 0.2) is 0 Å². The molecule has 0 aromatic carbocycles. The van der Waals surface area contributed by atoms with Crippen molar-refractivity contribution >= 4 is 0 Å². The zero-order chi connectivity index (χ0) is 11.3. The van der Waals surface area contributed by atoms with E-state index in [9.17, 15) is 5.11 Å². The maximum atomic E-state index is 10.3. The molecule has 0 aliphatic heterocycles. The fourth-order valence-corrected chi connectivity index (χ4v) is 2.68. The molecule has 1 saturated carbocycles. The van der Waals surface area contributed by atoms with Crippen molar-refractivity contribution in [2.24, 2.45) is 11.7 Å². The van der Waals surface area contributed by atoms with Gasteiger partial charge < -0.3 is 15.7 Å². The van der Waals surface area contributed by atoms with Gasteiger partial charge in [-0.25, -0.2) is 0 Å². The molecule has 0 aromatic rings. The van der Waals surface area contributed by atoms with Crippen LogP contribution in [0.2, 0.25) is 0 Å². The molecule has 1 aliphatic rings. The Morgan fingerprint density at radius 2 is 2.20 bits per heavy atom. The molecule has 0 bridgehead atoms. The molecule has 0 heterocycles. The van der Waals surface area contributed by atoms with Crippen LogP contribution in [0.4, 0.5) is 0 Å². The smallest absolute Gasteiger partial charge is 0.0797 e. The monoisotopic (exact) mass is 214 g/mol. The van der Waals surface area contributed by atoms with Gasteiger partial charge in [-0.15, -0.1) is 0 Å². The lowest BCUT2D eigenvalue weighted by atomic mass is 9.88. The molecule has 0 spiro atoms. The molecule has 1 fully saturated rings. The first kappa shape index (κ1) is 12.9. The van der Waals surface area contributed by atoms with E-state index in [0.29, 0.717) is 12.5 Å². The van der Waals surface area contributed by atoms with Crippen LogP contribution >= 0.6 is 0 Å². The second kappa shape index (κ2) is 5.83. The van der Waals surface area contributed by atoms with Crippen LogP contribution in [0.5, 0.6) is 0 Å². The van der Waals surface area contributed by atoms with Crippen molar-refractivity contribution in [2.75, 3.05) is 26.7 Å². The first-order valence-electron chi connectivity index (χ1n) is 6.23. The largest absolute Gasteiger partial charge is 0.388 e. The minimum Gasteiger partial charge on any atom is -0.388 e. The second-order valence-electron chi connectivity index (χ2n) is 4.99. The van der Waals surface area contributed by atoms with Gasteiger partial charge in [0.2, 0.25) is 0 Å². The quantitative estimate of drug-likeness (QED) is 0.698. The molecule has 90 valence electrons. The molecule has 15 heavy (non-hydrogen) atoms. The van der Waals surface area contributed by atoms with Crippen molar-refractivity contribution < 1.29 is 5.11 Å². The third-order valence-corrected chi connectivity index (χ3v) is 3.74. The summed E-state index contributed by atoms with van der Waals surface area (Å²) in [6.45, 7) is 4.85. The molecule has 1 aliphatic carbocycles. The zero-order valence-corrected chi connectivity index (χ0v) is 10.2. The van der Waals surface area contributed by atoms with Crippen LogP contribution in [0.1, 0.15) is 39.0 Å². The van der Waals surface area contributed by atoms with E-state index in [1.165, 1.54) is 6.42 Å². The minimum atomic E-state index is -0.562. The molecular formula is C12H26N2O. The first-order valence-corrected chi connectivity index (χ1v) is 6.23. The molecule has 0 radical (unpaired) electrons. The first-order chi connectivity index (χ1) is 7.12. The van der Waals surface area contributed by atoms with Crippen LogP contribution in [-0.2, 0) is 0 Å². The summed E-state index contributed by atoms with van der Waals surface area (Å²) in [5, 5.41) is 10.3. The van der Waals surface area contributed by atoms with E-state index in [2.05, 4.69) is 18.9 Å². The van der Waals surface area contributed by atoms with Crippen molar-refractivity contribution in [2.45, 2.75) is 44.6 Å². The Kier molecular flexibility index (Phi) is 5.03. The van der Waals surface area contributed by atoms with E-state index in [1.807, 2.05) is 0 Å². The van der Waals surface area contributed by atoms with Crippen molar-refractivity contribution in [1.29, 1.82) is 0 Å². The predicted octanol–water partition coefficient (Wildman–Crippen LogP) is 1.21. The molecule has 0 saturated heterocycles. The van der Waals surface area contributed by atoms with Crippen LogP contribution in [0.15, 0.2) is 0 Å². The predicted molar refractivity (Wildman–Crippen MR) is 63.8 cm³/mol. The second-order valence-corrected chi connectivity index (χ2v) is 4.99. The molecule has 0 amide bonds. The third-order valence-electron chi connectivity index (χ3n) is 3.74. The average molecular weight is 214 g/mol. The van der Waals surface area contributed by atoms with E-state index in [0.717, 1.165) is 38.8 Å². The van der Waals surface area contributed by atoms with E-state index >= 15 is 0 Å². The number of rotatable bonds is 6. The summed E-state index contributed by atoms with van der Waals surface area (Å²) in [6, 6.07) is 0. The molecule has 3 N–H and O–H groups in total. The van der Waals surface area contributed by atoms with E-state index in [4.69, 9.17) is 5.73 Å². The molecule has 2 atom stereocenters. The molecule has 3 nitrogen and oxygen atoms in total. The Morgan fingerprint density at radius 1 is 1.47 bits per heavy atom. The Bertz CT molecular complexity index is 186. The fourth-order valence-electron chi connectivity index (χ4n) is 2.68. The summed E-state index contributed by atoms with van der Waals surface area (Å²) in [5.74, 6) is 0.418. The van der Waals surface area contributed by atoms with Gasteiger partial charge in [-0.1, -0.05) is 13.3 Å². The Balaban J connectivity index is 2.31. The summed E-state index contributed by atoms with van der Waals surface area (Å²) >= 11 is 0. The van der Waals surface area contributed by atoms with Gasteiger partial charge in [0, 0.05) is 6.54 Å². The van der Waals surface area contributed by atoms with Gasteiger partial charge >= 0.3 is 0 Å². The topological polar surface area (TPSA) is 49.5 Å². The Morgan fingerprint density at radius 3 is 2.80 bits per heavy atom. The van der Waals surface area contributed by atoms with Gasteiger partial charge in [-0.05, 0) is 51.7 Å². The highest BCUT2D eigenvalue weighted by atomic mass is 16.3. The molecular weight excluding hydrogens is 188 g/mol. The SMILES string of the molecule is CCCN(C)CCC1CCCC1(O)CN. The number of hydrogen-bond donors (Lipinski definition) is 2. The lowest BCUT2D eigenvalue weighted by Gasteiger charge is -2.30. The summed E-state index contributed by atoms with van der Waals surface area (Å²) in [7, 11) is 2.15. The summed E-state index contributed by atoms with van der Waals surface area (Å²) in [6.07, 6.45) is 5.46. The summed E-state index contributed by atoms with van der Waals surface area (Å²) in [5.41, 5.74) is 5.10. The van der Waals surface area contributed by atoms with Crippen molar-refractivity contribution in [3.63, 3.8) is 0 Å². The van der Waals surface area contributed by atoms with Crippen LogP contribution < -0.4 is 5.73 Å². The normalized spacial score (nSPS) is 31.4. The van der Waals surface area contributed by atoms with Gasteiger partial charge in [0.05, 0.1) is 5.60 Å². The van der Waals surface area contributed by atoms with Gasteiger partial charge in [0.25, 0.3) is 0 Å². The zero-order valence-electron chi connectivity index (χ0n) is 10.2. The van der Waals surface area contributed by atoms with E-state index < -0.39 is 5.60 Å². The Labute approximate surface area is 93.6 Å². The number of nitrogens with zero attached hydrogens (tertiary/aromatic N) is 1. The van der Waals surface area contributed by atoms with Crippen LogP contribution in [0.25, 0.3) is 0 Å². The summed E-state index contributed by atoms with van der Waals surface area (Å²) in [4.78, 5) is 2.34. The van der Waals surface area contributed by atoms with Crippen molar-refractivity contribution in [3.05, 3.63) is 0 Å². The minimum absolute atomic E-state index is 0.418. The van der Waals surface area contributed by atoms with Gasteiger partial charge in [0.1, 0.15) is 0 Å². The van der Waals surface area contributed by atoms with Crippen molar-refractivity contribution in [1.82, 2.24) is 4.90 Å². The third kappa shape index (κ3) is 3.44. The van der Waals surface area contributed by atoms with E-state index in [1.54, 1.807) is 0 Å². The average Bonchev–Trinajstić information content (AvgIpc) is 2.58. The molecule has 3 heteroatoms.